The first-order chi connectivity index (χ1) is 5.33. The van der Waals surface area contributed by atoms with E-state index in [2.05, 4.69) is 27.8 Å². The van der Waals surface area contributed by atoms with Crippen molar-refractivity contribution in [2.24, 2.45) is 0 Å². The van der Waals surface area contributed by atoms with Gasteiger partial charge in [0.05, 0.1) is 6.10 Å². The minimum Gasteiger partial charge on any atom is -0.377 e. The lowest BCUT2D eigenvalue weighted by Gasteiger charge is -2.19. The maximum Gasteiger partial charge on any atom is 0.0673 e. The molecular formula is C8H16BrNO. The Labute approximate surface area is 77.0 Å². The van der Waals surface area contributed by atoms with Gasteiger partial charge in [0, 0.05) is 31.6 Å². The summed E-state index contributed by atoms with van der Waals surface area (Å²) in [5, 5.41) is 1.07. The van der Waals surface area contributed by atoms with Crippen LogP contribution < -0.4 is 0 Å². The zero-order chi connectivity index (χ0) is 8.10. The molecule has 0 N–H and O–H groups in total. The molecule has 0 bridgehead atoms. The highest BCUT2D eigenvalue weighted by Crippen LogP contribution is 2.04. The third-order valence-corrected chi connectivity index (χ3v) is 2.29. The lowest BCUT2D eigenvalue weighted by atomic mass is 10.3. The summed E-state index contributed by atoms with van der Waals surface area (Å²) in [5.41, 5.74) is 0. The molecule has 1 atom stereocenters. The van der Waals surface area contributed by atoms with Crippen LogP contribution in [0.4, 0.5) is 0 Å². The van der Waals surface area contributed by atoms with Gasteiger partial charge in [0.15, 0.2) is 0 Å². The van der Waals surface area contributed by atoms with Crippen LogP contribution in [0.1, 0.15) is 13.3 Å². The molecule has 66 valence electrons. The highest BCUT2D eigenvalue weighted by atomic mass is 79.9. The fourth-order valence-electron chi connectivity index (χ4n) is 1.40. The van der Waals surface area contributed by atoms with E-state index >= 15 is 0 Å². The fraction of sp³-hybridized carbons (Fsp3) is 1.00. The second-order valence-corrected chi connectivity index (χ2v) is 3.82. The van der Waals surface area contributed by atoms with E-state index in [4.69, 9.17) is 4.74 Å². The average molecular weight is 222 g/mol. The molecule has 1 heterocycles. The first kappa shape index (κ1) is 9.49. The maximum absolute atomic E-state index is 5.52. The van der Waals surface area contributed by atoms with Gasteiger partial charge in [0.25, 0.3) is 0 Å². The van der Waals surface area contributed by atoms with Crippen molar-refractivity contribution in [3.63, 3.8) is 0 Å². The summed E-state index contributed by atoms with van der Waals surface area (Å²) >= 11 is 3.45. The highest BCUT2D eigenvalue weighted by Gasteiger charge is 2.13. The molecule has 0 aromatic heterocycles. The molecule has 0 aromatic carbocycles. The lowest BCUT2D eigenvalue weighted by Crippen LogP contribution is -2.31. The molecule has 1 unspecified atom stereocenters. The van der Waals surface area contributed by atoms with Crippen molar-refractivity contribution >= 4 is 15.9 Å². The molecule has 0 spiro atoms. The van der Waals surface area contributed by atoms with E-state index in [1.807, 2.05) is 0 Å². The van der Waals surface area contributed by atoms with Crippen LogP contribution in [0.2, 0.25) is 0 Å². The van der Waals surface area contributed by atoms with E-state index in [9.17, 15) is 0 Å². The van der Waals surface area contributed by atoms with E-state index in [1.165, 1.54) is 13.0 Å². The predicted molar refractivity (Wildman–Crippen MR) is 50.3 cm³/mol. The van der Waals surface area contributed by atoms with Crippen LogP contribution in [0.15, 0.2) is 0 Å². The van der Waals surface area contributed by atoms with Crippen LogP contribution in [0, 0.1) is 0 Å². The number of alkyl halides is 1. The number of hydrogen-bond donors (Lipinski definition) is 0. The molecule has 11 heavy (non-hydrogen) atoms. The first-order valence-corrected chi connectivity index (χ1v) is 5.35. The van der Waals surface area contributed by atoms with E-state index in [1.54, 1.807) is 0 Å². The second-order valence-electron chi connectivity index (χ2n) is 3.02. The molecule has 1 aliphatic rings. The molecule has 0 saturated carbocycles. The monoisotopic (exact) mass is 221 g/mol. The topological polar surface area (TPSA) is 12.5 Å². The van der Waals surface area contributed by atoms with Crippen molar-refractivity contribution in [3.05, 3.63) is 0 Å². The van der Waals surface area contributed by atoms with Crippen molar-refractivity contribution in [1.82, 2.24) is 4.90 Å². The Hall–Kier alpha value is 0.400. The quantitative estimate of drug-likeness (QED) is 0.656. The van der Waals surface area contributed by atoms with Gasteiger partial charge in [-0.1, -0.05) is 15.9 Å². The van der Waals surface area contributed by atoms with E-state index in [-0.39, 0.29) is 0 Å². The van der Waals surface area contributed by atoms with Gasteiger partial charge in [0.2, 0.25) is 0 Å². The Kier molecular flexibility index (Phi) is 4.41. The van der Waals surface area contributed by atoms with Gasteiger partial charge in [-0.05, 0) is 13.3 Å². The molecule has 1 saturated heterocycles. The molecule has 0 aliphatic carbocycles. The minimum absolute atomic E-state index is 0.413. The first-order valence-electron chi connectivity index (χ1n) is 4.23. The Balaban J connectivity index is 2.27. The molecule has 1 fully saturated rings. The summed E-state index contributed by atoms with van der Waals surface area (Å²) in [4.78, 5) is 2.45. The summed E-state index contributed by atoms with van der Waals surface area (Å²) < 4.78 is 5.52. The number of halogens is 1. The normalized spacial score (nSPS) is 28.4. The zero-order valence-corrected chi connectivity index (χ0v) is 8.64. The zero-order valence-electron chi connectivity index (χ0n) is 7.05. The smallest absolute Gasteiger partial charge is 0.0673 e. The third-order valence-electron chi connectivity index (χ3n) is 1.94. The van der Waals surface area contributed by atoms with Crippen LogP contribution in [0.25, 0.3) is 0 Å². The van der Waals surface area contributed by atoms with Gasteiger partial charge >= 0.3 is 0 Å². The van der Waals surface area contributed by atoms with Gasteiger partial charge in [-0.25, -0.2) is 0 Å². The van der Waals surface area contributed by atoms with Crippen LogP contribution in [-0.4, -0.2) is 42.6 Å². The molecule has 1 aliphatic heterocycles. The van der Waals surface area contributed by atoms with Gasteiger partial charge < -0.3 is 4.74 Å². The molecule has 3 heteroatoms. The molecule has 0 radical (unpaired) electrons. The van der Waals surface area contributed by atoms with E-state index in [0.717, 1.165) is 25.0 Å². The Morgan fingerprint density at radius 2 is 2.45 bits per heavy atom. The van der Waals surface area contributed by atoms with Gasteiger partial charge in [-0.15, -0.1) is 0 Å². The molecule has 1 rings (SSSR count). The molecular weight excluding hydrogens is 206 g/mol. The SMILES string of the molecule is CC1CN(CCBr)CCCO1. The van der Waals surface area contributed by atoms with Crippen molar-refractivity contribution in [3.8, 4) is 0 Å². The van der Waals surface area contributed by atoms with Gasteiger partial charge in [-0.2, -0.15) is 0 Å². The van der Waals surface area contributed by atoms with Crippen molar-refractivity contribution in [2.75, 3.05) is 31.6 Å². The van der Waals surface area contributed by atoms with Crippen LogP contribution in [0.5, 0.6) is 0 Å². The Bertz CT molecular complexity index is 110. The van der Waals surface area contributed by atoms with E-state index < -0.39 is 0 Å². The molecule has 0 aromatic rings. The number of hydrogen-bond acceptors (Lipinski definition) is 2. The maximum atomic E-state index is 5.52. The van der Waals surface area contributed by atoms with Crippen LogP contribution in [0.3, 0.4) is 0 Å². The summed E-state index contributed by atoms with van der Waals surface area (Å²) in [6.45, 7) is 6.50. The summed E-state index contributed by atoms with van der Waals surface area (Å²) in [6, 6.07) is 0. The van der Waals surface area contributed by atoms with Crippen LogP contribution >= 0.6 is 15.9 Å². The van der Waals surface area contributed by atoms with Gasteiger partial charge in [-0.3, -0.25) is 4.90 Å². The van der Waals surface area contributed by atoms with E-state index in [0.29, 0.717) is 6.10 Å². The van der Waals surface area contributed by atoms with Crippen LogP contribution in [-0.2, 0) is 4.74 Å². The summed E-state index contributed by atoms with van der Waals surface area (Å²) in [7, 11) is 0. The largest absolute Gasteiger partial charge is 0.377 e. The van der Waals surface area contributed by atoms with Crippen molar-refractivity contribution in [1.29, 1.82) is 0 Å². The van der Waals surface area contributed by atoms with Gasteiger partial charge in [0.1, 0.15) is 0 Å². The number of nitrogens with zero attached hydrogens (tertiary/aromatic N) is 1. The number of rotatable bonds is 2. The summed E-state index contributed by atoms with van der Waals surface area (Å²) in [6.07, 6.45) is 1.59. The number of ether oxygens (including phenoxy) is 1. The summed E-state index contributed by atoms with van der Waals surface area (Å²) in [5.74, 6) is 0. The average Bonchev–Trinajstić information content (AvgIpc) is 2.15. The highest BCUT2D eigenvalue weighted by molar-refractivity contribution is 9.09. The fourth-order valence-corrected chi connectivity index (χ4v) is 1.90. The minimum atomic E-state index is 0.413. The van der Waals surface area contributed by atoms with Crippen molar-refractivity contribution in [2.45, 2.75) is 19.4 Å². The second kappa shape index (κ2) is 5.12. The predicted octanol–water partition coefficient (Wildman–Crippen LogP) is 1.49. The molecule has 2 nitrogen and oxygen atoms in total. The molecule has 0 amide bonds. The third kappa shape index (κ3) is 3.54. The Morgan fingerprint density at radius 3 is 3.18 bits per heavy atom. The lowest BCUT2D eigenvalue weighted by molar-refractivity contribution is 0.0686. The van der Waals surface area contributed by atoms with Crippen molar-refractivity contribution < 1.29 is 4.74 Å². The Morgan fingerprint density at radius 1 is 1.64 bits per heavy atom. The standard InChI is InChI=1S/C8H16BrNO/c1-8-7-10(5-3-9)4-2-6-11-8/h8H,2-7H2,1H3.